The molecule has 0 bridgehead atoms. The number of nitrogens with one attached hydrogen (secondary N) is 5. The number of pyridine rings is 1. The molecule has 6 rings (SSSR count). The van der Waals surface area contributed by atoms with Crippen molar-refractivity contribution in [2.45, 2.75) is 51.6 Å². The first-order valence-corrected chi connectivity index (χ1v) is 13.8. The number of hydrogen-bond acceptors (Lipinski definition) is 7. The van der Waals surface area contributed by atoms with Crippen LogP contribution in [0.5, 0.6) is 0 Å². The number of halogens is 3. The number of rotatable bonds is 8. The molecule has 1 aliphatic heterocycles. The summed E-state index contributed by atoms with van der Waals surface area (Å²) in [6.07, 6.45) is 9.31. The van der Waals surface area contributed by atoms with Gasteiger partial charge in [0.25, 0.3) is 6.43 Å². The SMILES string of the molecule is C#Cc1cnc2c(Cl)cc(N[C@H](C3=CN(C4(C(F)F)CC4)NN3)c3cccc4[nH]ncc34)cc2c1NCC(C)(C)C. The minimum Gasteiger partial charge on any atom is -0.383 e. The van der Waals surface area contributed by atoms with E-state index in [9.17, 15) is 8.78 Å². The van der Waals surface area contributed by atoms with E-state index >= 15 is 0 Å². The summed E-state index contributed by atoms with van der Waals surface area (Å²) in [7, 11) is 0. The lowest BCUT2D eigenvalue weighted by Gasteiger charge is -2.25. The van der Waals surface area contributed by atoms with E-state index in [4.69, 9.17) is 18.0 Å². The molecule has 2 aliphatic rings. The molecule has 0 amide bonds. The van der Waals surface area contributed by atoms with Crippen molar-refractivity contribution in [1.82, 2.24) is 31.2 Å². The Labute approximate surface area is 241 Å². The lowest BCUT2D eigenvalue weighted by atomic mass is 9.96. The summed E-state index contributed by atoms with van der Waals surface area (Å²) < 4.78 is 27.8. The Morgan fingerprint density at radius 3 is 2.71 bits per heavy atom. The number of aromatic nitrogens is 3. The molecule has 5 N–H and O–H groups in total. The Morgan fingerprint density at radius 2 is 2.00 bits per heavy atom. The average Bonchev–Trinajstić information content (AvgIpc) is 3.35. The van der Waals surface area contributed by atoms with Gasteiger partial charge in [0.05, 0.1) is 45.2 Å². The van der Waals surface area contributed by atoms with E-state index in [0.29, 0.717) is 46.9 Å². The maximum atomic E-state index is 13.9. The minimum atomic E-state index is -2.48. The monoisotopic (exact) mass is 576 g/mol. The number of H-pyrrole nitrogens is 1. The van der Waals surface area contributed by atoms with E-state index in [1.54, 1.807) is 18.6 Å². The maximum absolute atomic E-state index is 13.9. The fourth-order valence-electron chi connectivity index (χ4n) is 5.14. The van der Waals surface area contributed by atoms with Gasteiger partial charge in [0.1, 0.15) is 5.54 Å². The van der Waals surface area contributed by atoms with Gasteiger partial charge < -0.3 is 16.1 Å². The van der Waals surface area contributed by atoms with Crippen LogP contribution >= 0.6 is 11.6 Å². The molecule has 4 aromatic rings. The van der Waals surface area contributed by atoms with Crippen molar-refractivity contribution in [3.63, 3.8) is 0 Å². The normalized spacial score (nSPS) is 16.9. The molecule has 2 aromatic heterocycles. The smallest absolute Gasteiger partial charge is 0.262 e. The van der Waals surface area contributed by atoms with Crippen molar-refractivity contribution < 1.29 is 8.78 Å². The van der Waals surface area contributed by atoms with Crippen LogP contribution < -0.4 is 21.6 Å². The zero-order valence-electron chi connectivity index (χ0n) is 22.9. The summed E-state index contributed by atoms with van der Waals surface area (Å²) in [6, 6.07) is 9.16. The summed E-state index contributed by atoms with van der Waals surface area (Å²) in [4.78, 5) is 4.54. The second kappa shape index (κ2) is 10.1. The second-order valence-electron chi connectivity index (χ2n) is 11.8. The van der Waals surface area contributed by atoms with Crippen LogP contribution in [0.1, 0.15) is 50.8 Å². The highest BCUT2D eigenvalue weighted by Crippen LogP contribution is 2.47. The third-order valence-electron chi connectivity index (χ3n) is 7.56. The minimum absolute atomic E-state index is 0.00608. The first kappa shape index (κ1) is 27.1. The quantitative estimate of drug-likeness (QED) is 0.157. The summed E-state index contributed by atoms with van der Waals surface area (Å²) >= 11 is 6.78. The van der Waals surface area contributed by atoms with Crippen molar-refractivity contribution in [3.8, 4) is 12.3 Å². The Morgan fingerprint density at radius 1 is 1.20 bits per heavy atom. The van der Waals surface area contributed by atoms with E-state index in [2.05, 4.69) is 63.5 Å². The molecule has 0 unspecified atom stereocenters. The number of nitrogens with zero attached hydrogens (tertiary/aromatic N) is 3. The van der Waals surface area contributed by atoms with Crippen molar-refractivity contribution in [2.75, 3.05) is 17.2 Å². The largest absolute Gasteiger partial charge is 0.383 e. The number of aromatic amines is 1. The molecule has 0 saturated heterocycles. The molecule has 2 aromatic carbocycles. The molecule has 0 spiro atoms. The van der Waals surface area contributed by atoms with Crippen LogP contribution in [0.25, 0.3) is 21.8 Å². The molecule has 212 valence electrons. The van der Waals surface area contributed by atoms with E-state index < -0.39 is 18.0 Å². The number of benzene rings is 2. The summed E-state index contributed by atoms with van der Waals surface area (Å²) in [5.74, 6) is 2.73. The first-order chi connectivity index (χ1) is 19.6. The zero-order valence-corrected chi connectivity index (χ0v) is 23.7. The first-order valence-electron chi connectivity index (χ1n) is 13.4. The van der Waals surface area contributed by atoms with Gasteiger partial charge in [0, 0.05) is 35.4 Å². The third kappa shape index (κ3) is 5.00. The number of anilines is 2. The van der Waals surface area contributed by atoms with Crippen LogP contribution in [0, 0.1) is 17.8 Å². The van der Waals surface area contributed by atoms with Gasteiger partial charge in [-0.05, 0) is 42.0 Å². The average molecular weight is 577 g/mol. The Bertz CT molecular complexity index is 1700. The number of hydrogen-bond donors (Lipinski definition) is 5. The van der Waals surface area contributed by atoms with Gasteiger partial charge in [-0.15, -0.1) is 12.0 Å². The van der Waals surface area contributed by atoms with E-state index in [-0.39, 0.29) is 5.41 Å². The van der Waals surface area contributed by atoms with E-state index in [0.717, 1.165) is 27.5 Å². The van der Waals surface area contributed by atoms with Gasteiger partial charge in [-0.3, -0.25) is 15.1 Å². The fraction of sp³-hybridized carbons (Fsp3) is 0.333. The Kier molecular flexibility index (Phi) is 6.67. The van der Waals surface area contributed by atoms with E-state index in [1.165, 1.54) is 5.01 Å². The molecule has 1 fully saturated rings. The fourth-order valence-corrected chi connectivity index (χ4v) is 5.40. The van der Waals surface area contributed by atoms with Crippen molar-refractivity contribution in [3.05, 3.63) is 70.8 Å². The molecule has 8 nitrogen and oxygen atoms in total. The van der Waals surface area contributed by atoms with Gasteiger partial charge in [-0.25, -0.2) is 8.78 Å². The van der Waals surface area contributed by atoms with Crippen LogP contribution in [0.4, 0.5) is 20.2 Å². The van der Waals surface area contributed by atoms with Crippen LogP contribution in [0.3, 0.4) is 0 Å². The van der Waals surface area contributed by atoms with Gasteiger partial charge in [-0.1, -0.05) is 50.4 Å². The topological polar surface area (TPSA) is 92.9 Å². The molecular formula is C30H31ClF2N8. The van der Waals surface area contributed by atoms with Gasteiger partial charge in [0.2, 0.25) is 0 Å². The Balaban J connectivity index is 1.44. The van der Waals surface area contributed by atoms with Gasteiger partial charge in [0.15, 0.2) is 0 Å². The van der Waals surface area contributed by atoms with Crippen molar-refractivity contribution in [1.29, 1.82) is 0 Å². The highest BCUT2D eigenvalue weighted by atomic mass is 35.5. The molecule has 11 heteroatoms. The van der Waals surface area contributed by atoms with Crippen molar-refractivity contribution >= 4 is 44.8 Å². The van der Waals surface area contributed by atoms with Gasteiger partial charge >= 0.3 is 0 Å². The van der Waals surface area contributed by atoms with Crippen molar-refractivity contribution in [2.24, 2.45) is 5.41 Å². The standard InChI is InChI=1S/C30H31ClF2N8/c1-5-17-13-34-26-20(25(17)35-16-29(2,3)4)11-18(12-22(26)31)37-27(19-7-6-8-23-21(19)14-36-38-23)24-15-41(40-39-24)30(9-10-30)28(32)33/h1,6-8,11-15,27-28,37,39-40H,9-10,16H2,2-4H3,(H,34,35)(H,36,38)/t27-/m0/s1. The molecule has 1 saturated carbocycles. The lowest BCUT2D eigenvalue weighted by Crippen LogP contribution is -2.48. The number of hydrazine groups is 2. The third-order valence-corrected chi connectivity index (χ3v) is 7.85. The highest BCUT2D eigenvalue weighted by molar-refractivity contribution is 6.35. The van der Waals surface area contributed by atoms with Crippen LogP contribution in [-0.4, -0.2) is 38.7 Å². The predicted molar refractivity (Wildman–Crippen MR) is 159 cm³/mol. The zero-order chi connectivity index (χ0) is 28.9. The second-order valence-corrected chi connectivity index (χ2v) is 12.2. The highest BCUT2D eigenvalue weighted by Gasteiger charge is 2.56. The maximum Gasteiger partial charge on any atom is 0.262 e. The van der Waals surface area contributed by atoms with Crippen LogP contribution in [-0.2, 0) is 0 Å². The summed E-state index contributed by atoms with van der Waals surface area (Å²) in [5.41, 5.74) is 10.0. The van der Waals surface area contributed by atoms with E-state index in [1.807, 2.05) is 30.3 Å². The Hall–Kier alpha value is -4.07. The van der Waals surface area contributed by atoms with Crippen LogP contribution in [0.15, 0.2) is 54.6 Å². The molecule has 0 radical (unpaired) electrons. The van der Waals surface area contributed by atoms with Crippen LogP contribution in [0.2, 0.25) is 5.02 Å². The molecule has 3 heterocycles. The molecule has 1 aliphatic carbocycles. The number of terminal acetylenes is 1. The number of alkyl halides is 2. The predicted octanol–water partition coefficient (Wildman–Crippen LogP) is 6.32. The lowest BCUT2D eigenvalue weighted by molar-refractivity contribution is 0.00911. The molecule has 1 atom stereocenters. The summed E-state index contributed by atoms with van der Waals surface area (Å²) in [6.45, 7) is 7.10. The summed E-state index contributed by atoms with van der Waals surface area (Å²) in [5, 5.41) is 17.9. The van der Waals surface area contributed by atoms with Gasteiger partial charge in [-0.2, -0.15) is 5.10 Å². The molecule has 41 heavy (non-hydrogen) atoms. The molecular weight excluding hydrogens is 546 g/mol. The number of fused-ring (bicyclic) bond motifs is 2.